The molecule has 0 aliphatic heterocycles. The largest absolute Gasteiger partial charge is 0.478 e. The Morgan fingerprint density at radius 3 is 2.19 bits per heavy atom. The summed E-state index contributed by atoms with van der Waals surface area (Å²) in [5, 5.41) is 17.1. The number of carbonyl (C=O) groups excluding carboxylic acids is 2. The fourth-order valence-corrected chi connectivity index (χ4v) is 2.40. The number of anilines is 1. The molecule has 0 aromatic heterocycles. The molecule has 0 spiro atoms. The molecule has 0 aliphatic carbocycles. The van der Waals surface area contributed by atoms with Crippen LogP contribution in [0.5, 0.6) is 0 Å². The molecule has 142 valence electrons. The number of nitrogens with one attached hydrogen (secondary N) is 3. The third-order valence-electron chi connectivity index (χ3n) is 3.81. The molecule has 2 aromatic carbocycles. The smallest absolute Gasteiger partial charge is 0.335 e. The second kappa shape index (κ2) is 8.84. The van der Waals surface area contributed by atoms with Crippen molar-refractivity contribution >= 4 is 23.6 Å². The van der Waals surface area contributed by atoms with Crippen molar-refractivity contribution in [2.45, 2.75) is 33.4 Å². The molecule has 0 aliphatic rings. The highest BCUT2D eigenvalue weighted by atomic mass is 16.4. The van der Waals surface area contributed by atoms with Crippen LogP contribution < -0.4 is 16.0 Å². The van der Waals surface area contributed by atoms with E-state index >= 15 is 0 Å². The number of carbonyl (C=O) groups is 3. The Labute approximate surface area is 157 Å². The predicted octanol–water partition coefficient (Wildman–Crippen LogP) is 3.15. The van der Waals surface area contributed by atoms with E-state index in [0.717, 1.165) is 11.1 Å². The van der Waals surface area contributed by atoms with Gasteiger partial charge in [0.2, 0.25) is 0 Å². The Hall–Kier alpha value is -3.35. The van der Waals surface area contributed by atoms with Crippen LogP contribution in [0.1, 0.15) is 45.7 Å². The highest BCUT2D eigenvalue weighted by Gasteiger charge is 2.10. The number of hydrogen-bond donors (Lipinski definition) is 4. The fraction of sp³-hybridized carbons (Fsp3) is 0.250. The van der Waals surface area contributed by atoms with E-state index in [1.54, 1.807) is 30.3 Å². The third-order valence-corrected chi connectivity index (χ3v) is 3.81. The molecule has 0 bridgehead atoms. The number of carboxylic acid groups (broad SMARTS) is 1. The lowest BCUT2D eigenvalue weighted by Crippen LogP contribution is -2.30. The van der Waals surface area contributed by atoms with E-state index in [2.05, 4.69) is 16.0 Å². The molecule has 0 saturated heterocycles. The second-order valence-corrected chi connectivity index (χ2v) is 6.47. The number of rotatable bonds is 6. The minimum atomic E-state index is -0.992. The van der Waals surface area contributed by atoms with Crippen LogP contribution in [-0.4, -0.2) is 29.1 Å². The van der Waals surface area contributed by atoms with Crippen LogP contribution in [0.25, 0.3) is 0 Å². The van der Waals surface area contributed by atoms with Crippen molar-refractivity contribution in [3.63, 3.8) is 0 Å². The SMILES string of the molecule is Cc1cc(C(=O)NC(C)C)ccc1NC(=O)NCc1ccc(C(=O)O)cc1. The summed E-state index contributed by atoms with van der Waals surface area (Å²) < 4.78 is 0. The van der Waals surface area contributed by atoms with E-state index in [9.17, 15) is 14.4 Å². The van der Waals surface area contributed by atoms with Crippen molar-refractivity contribution < 1.29 is 19.5 Å². The van der Waals surface area contributed by atoms with Crippen LogP contribution >= 0.6 is 0 Å². The van der Waals surface area contributed by atoms with Gasteiger partial charge in [0.25, 0.3) is 5.91 Å². The zero-order valence-electron chi connectivity index (χ0n) is 15.5. The quantitative estimate of drug-likeness (QED) is 0.627. The lowest BCUT2D eigenvalue weighted by Gasteiger charge is -2.12. The Morgan fingerprint density at radius 1 is 1.00 bits per heavy atom. The summed E-state index contributed by atoms with van der Waals surface area (Å²) in [7, 11) is 0. The van der Waals surface area contributed by atoms with E-state index in [-0.39, 0.29) is 30.1 Å². The Kier molecular flexibility index (Phi) is 6.54. The van der Waals surface area contributed by atoms with Crippen molar-refractivity contribution in [2.75, 3.05) is 5.32 Å². The molecule has 0 fully saturated rings. The summed E-state index contributed by atoms with van der Waals surface area (Å²) in [6.45, 7) is 5.85. The maximum absolute atomic E-state index is 12.1. The van der Waals surface area contributed by atoms with E-state index in [1.807, 2.05) is 20.8 Å². The molecule has 7 heteroatoms. The number of urea groups is 1. The van der Waals surface area contributed by atoms with Crippen molar-refractivity contribution in [2.24, 2.45) is 0 Å². The molecule has 0 radical (unpaired) electrons. The van der Waals surface area contributed by atoms with Crippen LogP contribution in [-0.2, 0) is 6.54 Å². The molecular formula is C20H23N3O4. The molecule has 0 unspecified atom stereocenters. The summed E-state index contributed by atoms with van der Waals surface area (Å²) in [6.07, 6.45) is 0. The number of aromatic carboxylic acids is 1. The first-order chi connectivity index (χ1) is 12.8. The lowest BCUT2D eigenvalue weighted by molar-refractivity contribution is 0.0696. The normalized spacial score (nSPS) is 10.4. The topological polar surface area (TPSA) is 108 Å². The van der Waals surface area contributed by atoms with Crippen LogP contribution in [0.15, 0.2) is 42.5 Å². The van der Waals surface area contributed by atoms with Gasteiger partial charge in [0.15, 0.2) is 0 Å². The van der Waals surface area contributed by atoms with Crippen LogP contribution in [0.3, 0.4) is 0 Å². The minimum Gasteiger partial charge on any atom is -0.478 e. The third kappa shape index (κ3) is 5.85. The van der Waals surface area contributed by atoms with Crippen molar-refractivity contribution in [1.29, 1.82) is 0 Å². The van der Waals surface area contributed by atoms with E-state index in [0.29, 0.717) is 11.3 Å². The monoisotopic (exact) mass is 369 g/mol. The van der Waals surface area contributed by atoms with Gasteiger partial charge in [-0.15, -0.1) is 0 Å². The van der Waals surface area contributed by atoms with E-state index in [1.165, 1.54) is 12.1 Å². The van der Waals surface area contributed by atoms with Gasteiger partial charge in [-0.3, -0.25) is 4.79 Å². The van der Waals surface area contributed by atoms with Gasteiger partial charge in [0.05, 0.1) is 5.56 Å². The van der Waals surface area contributed by atoms with Crippen molar-refractivity contribution in [3.8, 4) is 0 Å². The number of carboxylic acids is 1. The molecule has 2 rings (SSSR count). The van der Waals surface area contributed by atoms with Crippen molar-refractivity contribution in [1.82, 2.24) is 10.6 Å². The fourth-order valence-electron chi connectivity index (χ4n) is 2.40. The van der Waals surface area contributed by atoms with Gasteiger partial charge in [0, 0.05) is 23.8 Å². The summed E-state index contributed by atoms with van der Waals surface area (Å²) >= 11 is 0. The summed E-state index contributed by atoms with van der Waals surface area (Å²) in [4.78, 5) is 34.9. The predicted molar refractivity (Wildman–Crippen MR) is 103 cm³/mol. The molecule has 0 saturated carbocycles. The first-order valence-electron chi connectivity index (χ1n) is 8.55. The molecule has 3 amide bonds. The van der Waals surface area contributed by atoms with Gasteiger partial charge in [-0.2, -0.15) is 0 Å². The molecule has 0 atom stereocenters. The zero-order valence-corrected chi connectivity index (χ0v) is 15.5. The molecule has 0 heterocycles. The average molecular weight is 369 g/mol. The van der Waals surface area contributed by atoms with Gasteiger partial charge in [-0.05, 0) is 62.2 Å². The zero-order chi connectivity index (χ0) is 20.0. The first kappa shape index (κ1) is 20.0. The molecule has 4 N–H and O–H groups in total. The van der Waals surface area contributed by atoms with Crippen LogP contribution in [0.2, 0.25) is 0 Å². The van der Waals surface area contributed by atoms with Crippen LogP contribution in [0.4, 0.5) is 10.5 Å². The minimum absolute atomic E-state index is 0.0472. The van der Waals surface area contributed by atoms with Gasteiger partial charge >= 0.3 is 12.0 Å². The molecule has 7 nitrogen and oxygen atoms in total. The maximum atomic E-state index is 12.1. The Bertz CT molecular complexity index is 845. The van der Waals surface area contributed by atoms with Crippen molar-refractivity contribution in [3.05, 3.63) is 64.7 Å². The average Bonchev–Trinajstić information content (AvgIpc) is 2.61. The van der Waals surface area contributed by atoms with Crippen LogP contribution in [0, 0.1) is 6.92 Å². The Balaban J connectivity index is 1.93. The first-order valence-corrected chi connectivity index (χ1v) is 8.55. The standard InChI is InChI=1S/C20H23N3O4/c1-12(2)22-18(24)16-8-9-17(13(3)10-16)23-20(27)21-11-14-4-6-15(7-5-14)19(25)26/h4-10,12H,11H2,1-3H3,(H,22,24)(H,25,26)(H2,21,23,27). The summed E-state index contributed by atoms with van der Waals surface area (Å²) in [6, 6.07) is 11.0. The second-order valence-electron chi connectivity index (χ2n) is 6.47. The molecular weight excluding hydrogens is 346 g/mol. The lowest BCUT2D eigenvalue weighted by atomic mass is 10.1. The van der Waals surface area contributed by atoms with Gasteiger partial charge in [0.1, 0.15) is 0 Å². The van der Waals surface area contributed by atoms with Gasteiger partial charge in [-0.25, -0.2) is 9.59 Å². The highest BCUT2D eigenvalue weighted by Crippen LogP contribution is 2.16. The number of benzene rings is 2. The van der Waals surface area contributed by atoms with Gasteiger partial charge < -0.3 is 21.1 Å². The molecule has 27 heavy (non-hydrogen) atoms. The number of hydrogen-bond acceptors (Lipinski definition) is 3. The highest BCUT2D eigenvalue weighted by molar-refractivity contribution is 5.96. The summed E-state index contributed by atoms with van der Waals surface area (Å²) in [5.41, 5.74) is 2.89. The van der Waals surface area contributed by atoms with E-state index < -0.39 is 5.97 Å². The molecule has 2 aromatic rings. The number of amides is 3. The van der Waals surface area contributed by atoms with Gasteiger partial charge in [-0.1, -0.05) is 12.1 Å². The number of aryl methyl sites for hydroxylation is 1. The van der Waals surface area contributed by atoms with E-state index in [4.69, 9.17) is 5.11 Å². The Morgan fingerprint density at radius 2 is 1.63 bits per heavy atom. The summed E-state index contributed by atoms with van der Waals surface area (Å²) in [5.74, 6) is -1.15. The maximum Gasteiger partial charge on any atom is 0.335 e.